The predicted octanol–water partition coefficient (Wildman–Crippen LogP) is 4.05. The summed E-state index contributed by atoms with van der Waals surface area (Å²) in [5.41, 5.74) is 2.23. The van der Waals surface area contributed by atoms with Crippen molar-refractivity contribution in [1.82, 2.24) is 9.97 Å². The molecule has 1 N–H and O–H groups in total. The van der Waals surface area contributed by atoms with Gasteiger partial charge in [0, 0.05) is 18.5 Å². The van der Waals surface area contributed by atoms with Crippen LogP contribution in [0.2, 0.25) is 5.15 Å². The van der Waals surface area contributed by atoms with Crippen LogP contribution in [-0.4, -0.2) is 16.5 Å². The maximum absolute atomic E-state index is 6.16. The Morgan fingerprint density at radius 3 is 2.55 bits per heavy atom. The average molecular weight is 290 g/mol. The van der Waals surface area contributed by atoms with Gasteiger partial charge < -0.3 is 5.32 Å². The van der Waals surface area contributed by atoms with Crippen molar-refractivity contribution in [2.75, 3.05) is 11.9 Å². The number of nitrogens with zero attached hydrogens (tertiary/aromatic N) is 2. The van der Waals surface area contributed by atoms with Crippen LogP contribution in [0.25, 0.3) is 0 Å². The van der Waals surface area contributed by atoms with E-state index in [1.54, 1.807) is 0 Å². The first-order valence-corrected chi connectivity index (χ1v) is 7.39. The summed E-state index contributed by atoms with van der Waals surface area (Å²) in [5.74, 6) is 1.66. The first-order chi connectivity index (χ1) is 9.70. The van der Waals surface area contributed by atoms with Crippen LogP contribution in [0.15, 0.2) is 30.3 Å². The molecular weight excluding hydrogens is 270 g/mol. The number of aromatic nitrogens is 2. The number of hydrogen-bond acceptors (Lipinski definition) is 3. The van der Waals surface area contributed by atoms with Crippen LogP contribution in [0.1, 0.15) is 30.3 Å². The highest BCUT2D eigenvalue weighted by Gasteiger charge is 2.08. The molecule has 2 aromatic rings. The van der Waals surface area contributed by atoms with Gasteiger partial charge in [0.15, 0.2) is 0 Å². The van der Waals surface area contributed by atoms with E-state index < -0.39 is 0 Å². The molecule has 1 heterocycles. The summed E-state index contributed by atoms with van der Waals surface area (Å²) >= 11 is 6.16. The molecule has 1 aromatic carbocycles. The SMILES string of the molecule is CCCc1nc(Cl)c(C)c(NCCc2ccccc2)n1. The van der Waals surface area contributed by atoms with E-state index >= 15 is 0 Å². The fourth-order valence-electron chi connectivity index (χ4n) is 2.01. The molecule has 0 saturated carbocycles. The van der Waals surface area contributed by atoms with Gasteiger partial charge in [0.1, 0.15) is 16.8 Å². The summed E-state index contributed by atoms with van der Waals surface area (Å²) in [7, 11) is 0. The largest absolute Gasteiger partial charge is 0.369 e. The van der Waals surface area contributed by atoms with Crippen LogP contribution < -0.4 is 5.32 Å². The van der Waals surface area contributed by atoms with Crippen LogP contribution in [0, 0.1) is 6.92 Å². The number of anilines is 1. The lowest BCUT2D eigenvalue weighted by molar-refractivity contribution is 0.829. The summed E-state index contributed by atoms with van der Waals surface area (Å²) in [6.07, 6.45) is 2.83. The Bertz CT molecular complexity index is 555. The van der Waals surface area contributed by atoms with E-state index in [9.17, 15) is 0 Å². The molecule has 3 nitrogen and oxygen atoms in total. The van der Waals surface area contributed by atoms with Crippen molar-refractivity contribution in [3.05, 3.63) is 52.4 Å². The van der Waals surface area contributed by atoms with Crippen LogP contribution >= 0.6 is 11.6 Å². The third-order valence-corrected chi connectivity index (χ3v) is 3.52. The van der Waals surface area contributed by atoms with E-state index in [0.717, 1.165) is 43.0 Å². The number of rotatable bonds is 6. The van der Waals surface area contributed by atoms with Crippen molar-refractivity contribution in [2.24, 2.45) is 0 Å². The Balaban J connectivity index is 2.01. The van der Waals surface area contributed by atoms with Gasteiger partial charge in [-0.1, -0.05) is 48.9 Å². The molecule has 0 unspecified atom stereocenters. The molecule has 0 spiro atoms. The summed E-state index contributed by atoms with van der Waals surface area (Å²) < 4.78 is 0. The second-order valence-corrected chi connectivity index (χ2v) is 5.17. The van der Waals surface area contributed by atoms with Crippen molar-refractivity contribution in [1.29, 1.82) is 0 Å². The summed E-state index contributed by atoms with van der Waals surface area (Å²) in [5, 5.41) is 3.91. The van der Waals surface area contributed by atoms with Crippen LogP contribution in [0.4, 0.5) is 5.82 Å². The fraction of sp³-hybridized carbons (Fsp3) is 0.375. The standard InChI is InChI=1S/C16H20ClN3/c1-3-7-14-19-15(17)12(2)16(20-14)18-11-10-13-8-5-4-6-9-13/h4-6,8-9H,3,7,10-11H2,1-2H3,(H,18,19,20). The molecule has 0 atom stereocenters. The lowest BCUT2D eigenvalue weighted by atomic mass is 10.1. The van der Waals surface area contributed by atoms with E-state index in [1.807, 2.05) is 13.0 Å². The van der Waals surface area contributed by atoms with E-state index in [1.165, 1.54) is 5.56 Å². The van der Waals surface area contributed by atoms with Gasteiger partial charge in [-0.15, -0.1) is 0 Å². The Kier molecular flexibility index (Phi) is 5.36. The monoisotopic (exact) mass is 289 g/mol. The number of aryl methyl sites for hydroxylation is 1. The topological polar surface area (TPSA) is 37.8 Å². The third-order valence-electron chi connectivity index (χ3n) is 3.16. The summed E-state index contributed by atoms with van der Waals surface area (Å²) in [6.45, 7) is 4.90. The minimum absolute atomic E-state index is 0.547. The van der Waals surface area contributed by atoms with E-state index in [4.69, 9.17) is 11.6 Å². The number of hydrogen-bond donors (Lipinski definition) is 1. The molecule has 0 saturated heterocycles. The Labute approximate surface area is 125 Å². The molecule has 1 aromatic heterocycles. The van der Waals surface area contributed by atoms with Gasteiger partial charge in [-0.25, -0.2) is 9.97 Å². The van der Waals surface area contributed by atoms with Gasteiger partial charge in [-0.3, -0.25) is 0 Å². The maximum Gasteiger partial charge on any atom is 0.137 e. The van der Waals surface area contributed by atoms with Gasteiger partial charge in [0.25, 0.3) is 0 Å². The van der Waals surface area contributed by atoms with E-state index in [0.29, 0.717) is 5.15 Å². The van der Waals surface area contributed by atoms with Crippen molar-refractivity contribution in [3.63, 3.8) is 0 Å². The Hall–Kier alpha value is -1.61. The van der Waals surface area contributed by atoms with Crippen molar-refractivity contribution in [2.45, 2.75) is 33.1 Å². The normalized spacial score (nSPS) is 10.6. The first kappa shape index (κ1) is 14.8. The highest BCUT2D eigenvalue weighted by atomic mass is 35.5. The molecule has 0 aliphatic heterocycles. The Morgan fingerprint density at radius 2 is 1.85 bits per heavy atom. The Morgan fingerprint density at radius 1 is 1.10 bits per heavy atom. The number of halogens is 1. The second-order valence-electron chi connectivity index (χ2n) is 4.82. The zero-order chi connectivity index (χ0) is 14.4. The van der Waals surface area contributed by atoms with Gasteiger partial charge in [0.05, 0.1) is 0 Å². The molecule has 20 heavy (non-hydrogen) atoms. The highest BCUT2D eigenvalue weighted by Crippen LogP contribution is 2.20. The van der Waals surface area contributed by atoms with Crippen molar-refractivity contribution >= 4 is 17.4 Å². The van der Waals surface area contributed by atoms with Crippen LogP contribution in [0.3, 0.4) is 0 Å². The van der Waals surface area contributed by atoms with E-state index in [-0.39, 0.29) is 0 Å². The summed E-state index contributed by atoms with van der Waals surface area (Å²) in [4.78, 5) is 8.85. The minimum Gasteiger partial charge on any atom is -0.369 e. The fourth-order valence-corrected chi connectivity index (χ4v) is 2.20. The van der Waals surface area contributed by atoms with Crippen LogP contribution in [0.5, 0.6) is 0 Å². The molecular formula is C16H20ClN3. The predicted molar refractivity (Wildman–Crippen MR) is 84.4 cm³/mol. The van der Waals surface area contributed by atoms with Crippen molar-refractivity contribution in [3.8, 4) is 0 Å². The van der Waals surface area contributed by atoms with E-state index in [2.05, 4.69) is 46.5 Å². The number of nitrogens with one attached hydrogen (secondary N) is 1. The molecule has 4 heteroatoms. The molecule has 0 radical (unpaired) electrons. The average Bonchev–Trinajstić information content (AvgIpc) is 2.45. The molecule has 2 rings (SSSR count). The molecule has 0 bridgehead atoms. The van der Waals surface area contributed by atoms with Gasteiger partial charge in [-0.2, -0.15) is 0 Å². The molecule has 0 fully saturated rings. The second kappa shape index (κ2) is 7.25. The third kappa shape index (κ3) is 3.94. The lowest BCUT2D eigenvalue weighted by Crippen LogP contribution is -2.10. The van der Waals surface area contributed by atoms with Crippen molar-refractivity contribution < 1.29 is 0 Å². The molecule has 0 aliphatic rings. The van der Waals surface area contributed by atoms with Gasteiger partial charge in [0.2, 0.25) is 0 Å². The zero-order valence-corrected chi connectivity index (χ0v) is 12.7. The molecule has 0 amide bonds. The quantitative estimate of drug-likeness (QED) is 0.816. The molecule has 106 valence electrons. The highest BCUT2D eigenvalue weighted by molar-refractivity contribution is 6.30. The summed E-state index contributed by atoms with van der Waals surface area (Å²) in [6, 6.07) is 10.4. The smallest absolute Gasteiger partial charge is 0.137 e. The number of benzene rings is 1. The lowest BCUT2D eigenvalue weighted by Gasteiger charge is -2.11. The zero-order valence-electron chi connectivity index (χ0n) is 12.0. The first-order valence-electron chi connectivity index (χ1n) is 7.01. The molecule has 0 aliphatic carbocycles. The van der Waals surface area contributed by atoms with Gasteiger partial charge >= 0.3 is 0 Å². The van der Waals surface area contributed by atoms with Crippen LogP contribution in [-0.2, 0) is 12.8 Å². The van der Waals surface area contributed by atoms with Gasteiger partial charge in [-0.05, 0) is 25.3 Å². The minimum atomic E-state index is 0.547. The maximum atomic E-state index is 6.16.